The van der Waals surface area contributed by atoms with Gasteiger partial charge >= 0.3 is 6.18 Å². The van der Waals surface area contributed by atoms with Crippen molar-refractivity contribution in [2.75, 3.05) is 36.4 Å². The molecule has 37 heavy (non-hydrogen) atoms. The number of fused-ring (bicyclic) bond motifs is 1. The van der Waals surface area contributed by atoms with E-state index in [-0.39, 0.29) is 11.5 Å². The number of hydrogen-bond donors (Lipinski definition) is 1. The molecule has 1 aliphatic rings. The maximum absolute atomic E-state index is 13.5. The summed E-state index contributed by atoms with van der Waals surface area (Å²) in [5, 5.41) is 4.05. The van der Waals surface area contributed by atoms with Crippen LogP contribution in [0.2, 0.25) is 0 Å². The lowest BCUT2D eigenvalue weighted by molar-refractivity contribution is -0.138. The largest absolute Gasteiger partial charge is 0.416 e. The first-order valence-corrected chi connectivity index (χ1v) is 12.6. The molecule has 1 amide bonds. The summed E-state index contributed by atoms with van der Waals surface area (Å²) in [6, 6.07) is 5.84. The van der Waals surface area contributed by atoms with Gasteiger partial charge in [0.25, 0.3) is 0 Å². The highest BCUT2D eigenvalue weighted by Crippen LogP contribution is 2.36. The van der Waals surface area contributed by atoms with Crippen LogP contribution in [0, 0.1) is 20.8 Å². The molecule has 1 atom stereocenters. The van der Waals surface area contributed by atoms with Crippen LogP contribution in [0.4, 0.5) is 24.7 Å². The summed E-state index contributed by atoms with van der Waals surface area (Å²) < 4.78 is 40.4. The number of carbonyl (C=O) groups excluding carboxylic acids is 1. The fraction of sp³-hybridized carbons (Fsp3) is 0.481. The standard InChI is InChI=1S/C27H33F3N6O/c1-16-21(9-6-10-23(16)27(28,29)30)17(2)31-25-22-15-24(18(3)32-26(22)34-19(4)33-25)36-13-7-11-35(20(5)37)12-8-14-36/h6,9-10,15,17H,7-8,11-14H2,1-5H3,(H,31,32,33,34)/t17-/m1/s1. The van der Waals surface area contributed by atoms with Gasteiger partial charge in [-0.1, -0.05) is 12.1 Å². The summed E-state index contributed by atoms with van der Waals surface area (Å²) >= 11 is 0. The molecule has 1 aliphatic heterocycles. The van der Waals surface area contributed by atoms with Crippen molar-refractivity contribution in [3.05, 3.63) is 52.5 Å². The van der Waals surface area contributed by atoms with E-state index in [1.165, 1.54) is 13.0 Å². The molecule has 0 saturated carbocycles. The second-order valence-corrected chi connectivity index (χ2v) is 9.67. The minimum absolute atomic E-state index is 0.102. The Morgan fingerprint density at radius 2 is 1.70 bits per heavy atom. The van der Waals surface area contributed by atoms with E-state index in [1.807, 2.05) is 24.8 Å². The van der Waals surface area contributed by atoms with E-state index < -0.39 is 17.8 Å². The number of aryl methyl sites for hydroxylation is 2. The Bertz CT molecular complexity index is 1300. The van der Waals surface area contributed by atoms with Gasteiger partial charge in [-0.2, -0.15) is 13.2 Å². The lowest BCUT2D eigenvalue weighted by Gasteiger charge is -2.32. The van der Waals surface area contributed by atoms with Crippen LogP contribution in [0.25, 0.3) is 11.0 Å². The topological polar surface area (TPSA) is 74.2 Å². The first-order chi connectivity index (χ1) is 17.5. The van der Waals surface area contributed by atoms with E-state index in [0.29, 0.717) is 22.9 Å². The van der Waals surface area contributed by atoms with Gasteiger partial charge in [0.05, 0.1) is 28.4 Å². The van der Waals surface area contributed by atoms with Gasteiger partial charge in [0.2, 0.25) is 5.91 Å². The number of benzene rings is 1. The first-order valence-electron chi connectivity index (χ1n) is 12.6. The number of alkyl halides is 3. The molecule has 1 aromatic carbocycles. The van der Waals surface area contributed by atoms with E-state index in [9.17, 15) is 18.0 Å². The fourth-order valence-electron chi connectivity index (χ4n) is 5.07. The molecule has 3 aromatic rings. The molecule has 1 fully saturated rings. The average Bonchev–Trinajstić information content (AvgIpc) is 2.78. The predicted molar refractivity (Wildman–Crippen MR) is 139 cm³/mol. The van der Waals surface area contributed by atoms with Gasteiger partial charge in [0, 0.05) is 33.1 Å². The van der Waals surface area contributed by atoms with Crippen LogP contribution >= 0.6 is 0 Å². The van der Waals surface area contributed by atoms with Crippen molar-refractivity contribution in [3.8, 4) is 0 Å². The lowest BCUT2D eigenvalue weighted by atomic mass is 9.97. The Labute approximate surface area is 215 Å². The van der Waals surface area contributed by atoms with Crippen molar-refractivity contribution >= 4 is 28.4 Å². The Morgan fingerprint density at radius 3 is 2.32 bits per heavy atom. The number of aromatic nitrogens is 3. The maximum Gasteiger partial charge on any atom is 0.416 e. The molecule has 1 N–H and O–H groups in total. The molecule has 7 nitrogen and oxygen atoms in total. The summed E-state index contributed by atoms with van der Waals surface area (Å²) in [7, 11) is 0. The Hall–Kier alpha value is -3.43. The number of rotatable bonds is 4. The fourth-order valence-corrected chi connectivity index (χ4v) is 5.07. The molecule has 0 unspecified atom stereocenters. The number of nitrogens with one attached hydrogen (secondary N) is 1. The van der Waals surface area contributed by atoms with Gasteiger partial charge in [-0.3, -0.25) is 4.79 Å². The number of hydrogen-bond acceptors (Lipinski definition) is 6. The monoisotopic (exact) mass is 514 g/mol. The number of pyridine rings is 1. The van der Waals surface area contributed by atoms with Crippen LogP contribution < -0.4 is 10.2 Å². The van der Waals surface area contributed by atoms with Crippen LogP contribution in [-0.4, -0.2) is 51.9 Å². The second kappa shape index (κ2) is 10.5. The van der Waals surface area contributed by atoms with Crippen molar-refractivity contribution in [2.45, 2.75) is 59.7 Å². The summed E-state index contributed by atoms with van der Waals surface area (Å²) in [5.74, 6) is 1.17. The van der Waals surface area contributed by atoms with E-state index in [2.05, 4.69) is 20.2 Å². The molecule has 4 rings (SSSR count). The molecular formula is C27H33F3N6O. The summed E-state index contributed by atoms with van der Waals surface area (Å²) in [4.78, 5) is 29.8. The maximum atomic E-state index is 13.5. The van der Waals surface area contributed by atoms with Gasteiger partial charge in [-0.15, -0.1) is 0 Å². The van der Waals surface area contributed by atoms with E-state index >= 15 is 0 Å². The molecule has 0 bridgehead atoms. The Morgan fingerprint density at radius 1 is 1.03 bits per heavy atom. The van der Waals surface area contributed by atoms with Crippen LogP contribution in [0.15, 0.2) is 24.3 Å². The summed E-state index contributed by atoms with van der Waals surface area (Å²) in [6.45, 7) is 11.7. The van der Waals surface area contributed by atoms with Crippen LogP contribution in [0.3, 0.4) is 0 Å². The SMILES string of the molecule is CC(=O)N1CCCN(c2cc3c(N[C@H](C)c4cccc(C(F)(F)F)c4C)nc(C)nc3nc2C)CCC1. The van der Waals surface area contributed by atoms with Crippen molar-refractivity contribution in [3.63, 3.8) is 0 Å². The van der Waals surface area contributed by atoms with Crippen LogP contribution in [0.5, 0.6) is 0 Å². The van der Waals surface area contributed by atoms with Crippen molar-refractivity contribution in [1.82, 2.24) is 19.9 Å². The third-order valence-electron chi connectivity index (χ3n) is 6.96. The predicted octanol–water partition coefficient (Wildman–Crippen LogP) is 5.59. The molecular weight excluding hydrogens is 481 g/mol. The molecule has 1 saturated heterocycles. The quantitative estimate of drug-likeness (QED) is 0.489. The summed E-state index contributed by atoms with van der Waals surface area (Å²) in [5.41, 5.74) is 2.48. The zero-order chi connectivity index (χ0) is 26.9. The van der Waals surface area contributed by atoms with Crippen LogP contribution in [0.1, 0.15) is 60.9 Å². The Kier molecular flexibility index (Phi) is 7.57. The molecule has 0 spiro atoms. The van der Waals surface area contributed by atoms with Crippen molar-refractivity contribution < 1.29 is 18.0 Å². The lowest BCUT2D eigenvalue weighted by Crippen LogP contribution is -2.39. The van der Waals surface area contributed by atoms with E-state index in [4.69, 9.17) is 4.98 Å². The van der Waals surface area contributed by atoms with Crippen molar-refractivity contribution in [2.24, 2.45) is 0 Å². The number of amides is 1. The highest BCUT2D eigenvalue weighted by atomic mass is 19.4. The first kappa shape index (κ1) is 26.6. The second-order valence-electron chi connectivity index (χ2n) is 9.67. The van der Waals surface area contributed by atoms with Gasteiger partial charge in [-0.25, -0.2) is 15.0 Å². The van der Waals surface area contributed by atoms with Gasteiger partial charge < -0.3 is 15.1 Å². The zero-order valence-corrected chi connectivity index (χ0v) is 21.9. The molecule has 198 valence electrons. The number of nitrogens with zero attached hydrogens (tertiary/aromatic N) is 5. The average molecular weight is 515 g/mol. The smallest absolute Gasteiger partial charge is 0.370 e. The minimum atomic E-state index is -4.41. The molecule has 0 radical (unpaired) electrons. The molecule has 0 aliphatic carbocycles. The normalized spacial score (nSPS) is 15.9. The minimum Gasteiger partial charge on any atom is -0.370 e. The number of anilines is 2. The highest BCUT2D eigenvalue weighted by molar-refractivity contribution is 5.90. The molecule has 2 aromatic heterocycles. The molecule has 10 heteroatoms. The zero-order valence-electron chi connectivity index (χ0n) is 21.9. The summed E-state index contributed by atoms with van der Waals surface area (Å²) in [6.07, 6.45) is -2.72. The van der Waals surface area contributed by atoms with Crippen molar-refractivity contribution in [1.29, 1.82) is 0 Å². The van der Waals surface area contributed by atoms with E-state index in [1.54, 1.807) is 19.9 Å². The molecule has 3 heterocycles. The Balaban J connectivity index is 1.67. The highest BCUT2D eigenvalue weighted by Gasteiger charge is 2.33. The van der Waals surface area contributed by atoms with E-state index in [0.717, 1.165) is 61.9 Å². The van der Waals surface area contributed by atoms with Gasteiger partial charge in [-0.05, 0) is 63.8 Å². The van der Waals surface area contributed by atoms with Crippen LogP contribution in [-0.2, 0) is 11.0 Å². The number of halogens is 3. The van der Waals surface area contributed by atoms with Gasteiger partial charge in [0.1, 0.15) is 11.6 Å². The third kappa shape index (κ3) is 5.78. The number of carbonyl (C=O) groups is 1. The third-order valence-corrected chi connectivity index (χ3v) is 6.96. The van der Waals surface area contributed by atoms with Gasteiger partial charge in [0.15, 0.2) is 5.65 Å².